The molecule has 0 aliphatic rings. The number of esters is 2. The quantitative estimate of drug-likeness (QED) is 0.356. The van der Waals surface area contributed by atoms with Gasteiger partial charge in [0.05, 0.1) is 12.9 Å². The van der Waals surface area contributed by atoms with E-state index < -0.39 is 30.6 Å². The molecular weight excluding hydrogens is 188 g/mol. The fraction of sp³-hybridized carbons (Fsp3) is 0.444. The van der Waals surface area contributed by atoms with Crippen LogP contribution in [0.2, 0.25) is 0 Å². The molecule has 0 saturated carbocycles. The number of hydrogen-bond donors (Lipinski definition) is 0. The highest BCUT2D eigenvalue weighted by molar-refractivity contribution is 6.03. The number of carbonyl (C=O) groups is 3. The third-order valence-corrected chi connectivity index (χ3v) is 1.20. The molecule has 0 aromatic rings. The first-order valence-electron chi connectivity index (χ1n) is 4.07. The summed E-state index contributed by atoms with van der Waals surface area (Å²) < 4.78 is 8.83. The molecule has 0 saturated heterocycles. The molecule has 5 nitrogen and oxygen atoms in total. The lowest BCUT2D eigenvalue weighted by atomic mass is 10.2. The number of hydrogen-bond acceptors (Lipinski definition) is 5. The lowest BCUT2D eigenvalue weighted by Crippen LogP contribution is -2.15. The molecule has 0 rings (SSSR count). The molecule has 0 spiro atoms. The van der Waals surface area contributed by atoms with Gasteiger partial charge in [-0.05, 0) is 6.92 Å². The van der Waals surface area contributed by atoms with Crippen molar-refractivity contribution in [3.8, 4) is 0 Å². The zero-order chi connectivity index (χ0) is 11.0. The van der Waals surface area contributed by atoms with Crippen molar-refractivity contribution in [1.82, 2.24) is 0 Å². The topological polar surface area (TPSA) is 69.7 Å². The minimum atomic E-state index is -0.728. The number of ether oxygens (including phenoxy) is 2. The number of rotatable bonds is 6. The van der Waals surface area contributed by atoms with Crippen molar-refractivity contribution in [2.24, 2.45) is 0 Å². The summed E-state index contributed by atoms with van der Waals surface area (Å²) in [6, 6.07) is 0. The van der Waals surface area contributed by atoms with Crippen molar-refractivity contribution < 1.29 is 23.9 Å². The summed E-state index contributed by atoms with van der Waals surface area (Å²) in [5.74, 6) is -1.89. The van der Waals surface area contributed by atoms with E-state index in [1.165, 1.54) is 0 Å². The van der Waals surface area contributed by atoms with Crippen LogP contribution in [0, 0.1) is 0 Å². The molecular formula is C9H12O5. The van der Waals surface area contributed by atoms with Gasteiger partial charge in [0.25, 0.3) is 0 Å². The molecule has 0 heterocycles. The Morgan fingerprint density at radius 1 is 1.21 bits per heavy atom. The summed E-state index contributed by atoms with van der Waals surface area (Å²) in [5.41, 5.74) is 0. The van der Waals surface area contributed by atoms with E-state index in [1.807, 2.05) is 0 Å². The maximum Gasteiger partial charge on any atom is 0.318 e. The Balaban J connectivity index is 3.80. The third-order valence-electron chi connectivity index (χ3n) is 1.20. The van der Waals surface area contributed by atoms with Gasteiger partial charge in [-0.25, -0.2) is 0 Å². The van der Waals surface area contributed by atoms with Gasteiger partial charge in [0.2, 0.25) is 0 Å². The van der Waals surface area contributed by atoms with Crippen LogP contribution in [0.4, 0.5) is 0 Å². The molecule has 0 aliphatic heterocycles. The van der Waals surface area contributed by atoms with Crippen LogP contribution in [-0.4, -0.2) is 24.3 Å². The standard InChI is InChI=1S/C9H12O5/c1-3-13-8(11)5-7(10)6-9(12)14-4-2/h3H,1,4-6H2,2H3. The molecule has 0 unspecified atom stereocenters. The molecule has 0 aromatic carbocycles. The molecule has 0 bridgehead atoms. The van der Waals surface area contributed by atoms with Crippen LogP contribution in [-0.2, 0) is 23.9 Å². The van der Waals surface area contributed by atoms with Gasteiger partial charge < -0.3 is 9.47 Å². The fourth-order valence-corrected chi connectivity index (χ4v) is 0.731. The van der Waals surface area contributed by atoms with Crippen molar-refractivity contribution in [3.63, 3.8) is 0 Å². The van der Waals surface area contributed by atoms with E-state index in [1.54, 1.807) is 6.92 Å². The van der Waals surface area contributed by atoms with Crippen LogP contribution in [0.1, 0.15) is 19.8 Å². The second kappa shape index (κ2) is 6.82. The Hall–Kier alpha value is -1.65. The smallest absolute Gasteiger partial charge is 0.318 e. The lowest BCUT2D eigenvalue weighted by Gasteiger charge is -2.00. The van der Waals surface area contributed by atoms with Crippen LogP contribution in [0.3, 0.4) is 0 Å². The highest BCUT2D eigenvalue weighted by Gasteiger charge is 2.14. The molecule has 0 aliphatic carbocycles. The first-order chi connectivity index (χ1) is 6.60. The van der Waals surface area contributed by atoms with E-state index in [-0.39, 0.29) is 6.61 Å². The maximum atomic E-state index is 11.0. The third kappa shape index (κ3) is 5.93. The van der Waals surface area contributed by atoms with Crippen molar-refractivity contribution >= 4 is 17.7 Å². The van der Waals surface area contributed by atoms with Crippen molar-refractivity contribution in [1.29, 1.82) is 0 Å². The van der Waals surface area contributed by atoms with Gasteiger partial charge in [0.15, 0.2) is 5.78 Å². The predicted molar refractivity (Wildman–Crippen MR) is 47.2 cm³/mol. The van der Waals surface area contributed by atoms with Crippen molar-refractivity contribution in [2.45, 2.75) is 19.8 Å². The molecule has 0 aromatic heterocycles. The van der Waals surface area contributed by atoms with Gasteiger partial charge in [-0.2, -0.15) is 0 Å². The van der Waals surface area contributed by atoms with Crippen molar-refractivity contribution in [3.05, 3.63) is 12.8 Å². The second-order valence-corrected chi connectivity index (χ2v) is 2.35. The number of carbonyl (C=O) groups excluding carboxylic acids is 3. The predicted octanol–water partition coefficient (Wildman–Crippen LogP) is 0.585. The van der Waals surface area contributed by atoms with E-state index >= 15 is 0 Å². The van der Waals surface area contributed by atoms with Crippen molar-refractivity contribution in [2.75, 3.05) is 6.61 Å². The second-order valence-electron chi connectivity index (χ2n) is 2.35. The van der Waals surface area contributed by atoms with Gasteiger partial charge in [-0.1, -0.05) is 6.58 Å². The Bertz CT molecular complexity index is 244. The molecule has 14 heavy (non-hydrogen) atoms. The van der Waals surface area contributed by atoms with Gasteiger partial charge in [0, 0.05) is 0 Å². The van der Waals surface area contributed by atoms with E-state index in [9.17, 15) is 14.4 Å². The normalized spacial score (nSPS) is 8.93. The molecule has 0 amide bonds. The Labute approximate surface area is 81.7 Å². The minimum absolute atomic E-state index is 0.212. The molecule has 0 radical (unpaired) electrons. The summed E-state index contributed by atoms with van der Waals surface area (Å²) in [6.07, 6.45) is 0.0882. The summed E-state index contributed by atoms with van der Waals surface area (Å²) in [5, 5.41) is 0. The zero-order valence-corrected chi connectivity index (χ0v) is 7.95. The monoisotopic (exact) mass is 200 g/mol. The Kier molecular flexibility index (Phi) is 6.02. The van der Waals surface area contributed by atoms with Gasteiger partial charge in [-0.3, -0.25) is 14.4 Å². The molecule has 78 valence electrons. The van der Waals surface area contributed by atoms with E-state index in [2.05, 4.69) is 16.1 Å². The largest absolute Gasteiger partial charge is 0.466 e. The Morgan fingerprint density at radius 3 is 2.29 bits per heavy atom. The SMILES string of the molecule is C=COC(=O)CC(=O)CC(=O)OCC. The fourth-order valence-electron chi connectivity index (χ4n) is 0.731. The minimum Gasteiger partial charge on any atom is -0.466 e. The first-order valence-corrected chi connectivity index (χ1v) is 4.07. The maximum absolute atomic E-state index is 11.0. The summed E-state index contributed by atoms with van der Waals surface area (Å²) in [7, 11) is 0. The van der Waals surface area contributed by atoms with Crippen LogP contribution in [0.15, 0.2) is 12.8 Å². The van der Waals surface area contributed by atoms with Crippen LogP contribution >= 0.6 is 0 Å². The van der Waals surface area contributed by atoms with E-state index in [0.717, 1.165) is 6.26 Å². The molecule has 0 atom stereocenters. The van der Waals surface area contributed by atoms with Gasteiger partial charge in [0.1, 0.15) is 12.8 Å². The molecule has 0 fully saturated rings. The summed E-state index contributed by atoms with van der Waals surface area (Å²) in [4.78, 5) is 32.5. The van der Waals surface area contributed by atoms with Crippen LogP contribution in [0.25, 0.3) is 0 Å². The average molecular weight is 200 g/mol. The molecule has 0 N–H and O–H groups in total. The van der Waals surface area contributed by atoms with Crippen LogP contribution < -0.4 is 0 Å². The highest BCUT2D eigenvalue weighted by Crippen LogP contribution is 1.95. The lowest BCUT2D eigenvalue weighted by molar-refractivity contribution is -0.146. The van der Waals surface area contributed by atoms with E-state index in [0.29, 0.717) is 0 Å². The highest BCUT2D eigenvalue weighted by atomic mass is 16.5. The van der Waals surface area contributed by atoms with Crippen LogP contribution in [0.5, 0.6) is 0 Å². The number of ketones is 1. The summed E-state index contributed by atoms with van der Waals surface area (Å²) in [6.45, 7) is 5.00. The average Bonchev–Trinajstić information content (AvgIpc) is 2.03. The molecule has 5 heteroatoms. The first kappa shape index (κ1) is 12.3. The summed E-state index contributed by atoms with van der Waals surface area (Å²) >= 11 is 0. The van der Waals surface area contributed by atoms with Gasteiger partial charge in [-0.15, -0.1) is 0 Å². The Morgan fingerprint density at radius 2 is 1.79 bits per heavy atom. The van der Waals surface area contributed by atoms with E-state index in [4.69, 9.17) is 0 Å². The number of Topliss-reactive ketones (excluding diaryl/α,β-unsaturated/α-hetero) is 1. The zero-order valence-electron chi connectivity index (χ0n) is 7.95. The van der Waals surface area contributed by atoms with Gasteiger partial charge >= 0.3 is 11.9 Å².